The van der Waals surface area contributed by atoms with Crippen LogP contribution in [0.2, 0.25) is 0 Å². The van der Waals surface area contributed by atoms with E-state index in [9.17, 15) is 22.0 Å². The zero-order chi connectivity index (χ0) is 21.0. The van der Waals surface area contributed by atoms with E-state index in [0.29, 0.717) is 11.3 Å². The van der Waals surface area contributed by atoms with Crippen LogP contribution in [0.3, 0.4) is 0 Å². The highest BCUT2D eigenvalue weighted by atomic mass is 19.4. The first-order valence-electron chi connectivity index (χ1n) is 9.96. The molecule has 0 amide bonds. The van der Waals surface area contributed by atoms with Gasteiger partial charge in [-0.05, 0) is 60.6 Å². The highest BCUT2D eigenvalue weighted by Crippen LogP contribution is 2.33. The smallest absolute Gasteiger partial charge is 0.205 e. The van der Waals surface area contributed by atoms with Gasteiger partial charge in [0.2, 0.25) is 0 Å². The molecule has 1 fully saturated rings. The molecule has 5 heteroatoms. The van der Waals surface area contributed by atoms with Crippen LogP contribution in [0, 0.1) is 35.3 Å². The summed E-state index contributed by atoms with van der Waals surface area (Å²) in [5.41, 5.74) is -0.0527. The molecule has 0 saturated heterocycles. The first kappa shape index (κ1) is 21.4. The van der Waals surface area contributed by atoms with Gasteiger partial charge in [0, 0.05) is 11.3 Å². The fourth-order valence-corrected chi connectivity index (χ4v) is 4.03. The van der Waals surface area contributed by atoms with Crippen LogP contribution < -0.4 is 0 Å². The van der Waals surface area contributed by atoms with Gasteiger partial charge in [0.05, 0.1) is 5.56 Å². The monoisotopic (exact) mass is 406 g/mol. The second-order valence-corrected chi connectivity index (χ2v) is 7.70. The Morgan fingerprint density at radius 3 is 2.45 bits per heavy atom. The average molecular weight is 406 g/mol. The summed E-state index contributed by atoms with van der Waals surface area (Å²) in [7, 11) is 0. The molecule has 0 atom stereocenters. The molecule has 2 aromatic carbocycles. The molecule has 0 unspecified atom stereocenters. The van der Waals surface area contributed by atoms with Crippen molar-refractivity contribution < 1.29 is 22.0 Å². The summed E-state index contributed by atoms with van der Waals surface area (Å²) in [4.78, 5) is 0. The molecule has 2 aromatic rings. The summed E-state index contributed by atoms with van der Waals surface area (Å²) in [6.07, 6.45) is 6.58. The third-order valence-corrected chi connectivity index (χ3v) is 5.53. The van der Waals surface area contributed by atoms with Crippen molar-refractivity contribution in [3.8, 4) is 11.8 Å². The van der Waals surface area contributed by atoms with Gasteiger partial charge < -0.3 is 0 Å². The van der Waals surface area contributed by atoms with Crippen LogP contribution in [0.15, 0.2) is 30.3 Å². The number of benzene rings is 2. The van der Waals surface area contributed by atoms with Crippen molar-refractivity contribution in [1.29, 1.82) is 0 Å². The van der Waals surface area contributed by atoms with E-state index in [1.165, 1.54) is 31.7 Å². The summed E-state index contributed by atoms with van der Waals surface area (Å²) in [6, 6.07) is 5.82. The van der Waals surface area contributed by atoms with Crippen LogP contribution >= 0.6 is 0 Å². The lowest BCUT2D eigenvalue weighted by atomic mass is 9.80. The molecule has 0 aromatic heterocycles. The summed E-state index contributed by atoms with van der Waals surface area (Å²) in [5, 5.41) is 0.349. The molecule has 0 heterocycles. The number of halogens is 5. The number of hydrogen-bond acceptors (Lipinski definition) is 0. The topological polar surface area (TPSA) is 0 Å². The van der Waals surface area contributed by atoms with Gasteiger partial charge in [-0.1, -0.05) is 50.0 Å². The molecule has 0 bridgehead atoms. The van der Waals surface area contributed by atoms with E-state index in [1.54, 1.807) is 18.1 Å². The Balaban J connectivity index is 1.79. The second kappa shape index (κ2) is 8.98. The summed E-state index contributed by atoms with van der Waals surface area (Å²) in [5.74, 6) is 1.66. The zero-order valence-corrected chi connectivity index (χ0v) is 16.3. The van der Waals surface area contributed by atoms with Crippen LogP contribution in [0.1, 0.15) is 56.6 Å². The Morgan fingerprint density at radius 2 is 1.79 bits per heavy atom. The maximum Gasteiger partial charge on any atom is 0.458 e. The summed E-state index contributed by atoms with van der Waals surface area (Å²) < 4.78 is 65.4. The molecule has 0 aliphatic heterocycles. The number of hydrogen-bond donors (Lipinski definition) is 0. The first-order valence-corrected chi connectivity index (χ1v) is 9.96. The largest absolute Gasteiger partial charge is 0.458 e. The van der Waals surface area contributed by atoms with Gasteiger partial charge in [-0.25, -0.2) is 8.78 Å². The molecular formula is C24H23F5. The van der Waals surface area contributed by atoms with E-state index >= 15 is 0 Å². The van der Waals surface area contributed by atoms with Crippen LogP contribution in [-0.4, -0.2) is 6.18 Å². The third-order valence-electron chi connectivity index (χ3n) is 5.53. The van der Waals surface area contributed by atoms with E-state index < -0.39 is 23.4 Å². The minimum atomic E-state index is -4.81. The lowest BCUT2D eigenvalue weighted by Gasteiger charge is -2.26. The molecule has 1 aliphatic rings. The van der Waals surface area contributed by atoms with Crippen LogP contribution in [-0.2, 0) is 0 Å². The van der Waals surface area contributed by atoms with E-state index in [2.05, 4.69) is 13.0 Å². The van der Waals surface area contributed by atoms with E-state index in [1.807, 2.05) is 6.08 Å². The molecule has 29 heavy (non-hydrogen) atoms. The fourth-order valence-electron chi connectivity index (χ4n) is 4.03. The van der Waals surface area contributed by atoms with Crippen molar-refractivity contribution in [1.82, 2.24) is 0 Å². The van der Waals surface area contributed by atoms with Gasteiger partial charge in [0.15, 0.2) is 0 Å². The van der Waals surface area contributed by atoms with Crippen molar-refractivity contribution in [2.24, 2.45) is 11.8 Å². The first-order chi connectivity index (χ1) is 13.8. The number of alkyl halides is 3. The minimum absolute atomic E-state index is 0.0510. The molecule has 1 aliphatic carbocycles. The molecule has 1 saturated carbocycles. The van der Waals surface area contributed by atoms with Crippen molar-refractivity contribution >= 4 is 16.8 Å². The van der Waals surface area contributed by atoms with Crippen molar-refractivity contribution in [3.63, 3.8) is 0 Å². The van der Waals surface area contributed by atoms with Gasteiger partial charge in [0.25, 0.3) is 0 Å². The Kier molecular flexibility index (Phi) is 6.62. The Bertz CT molecular complexity index is 951. The second-order valence-electron chi connectivity index (χ2n) is 7.70. The van der Waals surface area contributed by atoms with Crippen molar-refractivity contribution in [3.05, 3.63) is 53.1 Å². The fraction of sp³-hybridized carbons (Fsp3) is 0.417. The predicted molar refractivity (Wildman–Crippen MR) is 106 cm³/mol. The highest BCUT2D eigenvalue weighted by Gasteiger charge is 2.24. The molecule has 3 rings (SSSR count). The SMILES string of the molecule is CCCC1CCC(/C=C/c2ccc3c(F)c(C#CC(F)(F)F)c(F)cc3c2)CC1. The lowest BCUT2D eigenvalue weighted by Crippen LogP contribution is -2.12. The van der Waals surface area contributed by atoms with Gasteiger partial charge in [0.1, 0.15) is 11.6 Å². The molecule has 0 spiro atoms. The maximum atomic E-state index is 14.5. The number of rotatable bonds is 4. The molecule has 0 nitrogen and oxygen atoms in total. The normalized spacial score (nSPS) is 20.1. The molecule has 0 radical (unpaired) electrons. The quantitative estimate of drug-likeness (QED) is 0.361. The molecular weight excluding hydrogens is 383 g/mol. The van der Waals surface area contributed by atoms with Gasteiger partial charge in [-0.2, -0.15) is 13.2 Å². The number of fused-ring (bicyclic) bond motifs is 1. The zero-order valence-electron chi connectivity index (χ0n) is 16.3. The molecule has 0 N–H and O–H groups in total. The van der Waals surface area contributed by atoms with Crippen LogP contribution in [0.4, 0.5) is 22.0 Å². The Labute approximate surface area is 167 Å². The van der Waals surface area contributed by atoms with Crippen molar-refractivity contribution in [2.45, 2.75) is 51.6 Å². The van der Waals surface area contributed by atoms with Crippen molar-refractivity contribution in [2.75, 3.05) is 0 Å². The van der Waals surface area contributed by atoms with Gasteiger partial charge in [-0.15, -0.1) is 0 Å². The standard InChI is InChI=1S/C24H23F5/c1-2-3-16-4-6-17(7-5-16)8-9-18-10-11-20-19(14-18)15-22(25)21(23(20)26)12-13-24(27,28)29/h8-11,14-17H,2-7H2,1H3/b9-8+. The summed E-state index contributed by atoms with van der Waals surface area (Å²) in [6.45, 7) is 2.21. The minimum Gasteiger partial charge on any atom is -0.205 e. The Hall–Kier alpha value is -2.35. The van der Waals surface area contributed by atoms with Gasteiger partial charge >= 0.3 is 6.18 Å². The van der Waals surface area contributed by atoms with E-state index in [-0.39, 0.29) is 5.39 Å². The van der Waals surface area contributed by atoms with E-state index in [4.69, 9.17) is 0 Å². The highest BCUT2D eigenvalue weighted by molar-refractivity contribution is 5.87. The predicted octanol–water partition coefficient (Wildman–Crippen LogP) is 7.65. The molecule has 154 valence electrons. The average Bonchev–Trinajstić information content (AvgIpc) is 2.66. The van der Waals surface area contributed by atoms with Crippen LogP contribution in [0.25, 0.3) is 16.8 Å². The third kappa shape index (κ3) is 5.59. The maximum absolute atomic E-state index is 14.5. The summed E-state index contributed by atoms with van der Waals surface area (Å²) >= 11 is 0. The Morgan fingerprint density at radius 1 is 1.07 bits per heavy atom. The number of allylic oxidation sites excluding steroid dienone is 1. The van der Waals surface area contributed by atoms with Crippen LogP contribution in [0.5, 0.6) is 0 Å². The van der Waals surface area contributed by atoms with E-state index in [0.717, 1.165) is 36.3 Å². The van der Waals surface area contributed by atoms with Gasteiger partial charge in [-0.3, -0.25) is 0 Å². The lowest BCUT2D eigenvalue weighted by molar-refractivity contribution is -0.0696.